The van der Waals surface area contributed by atoms with Crippen LogP contribution in [-0.4, -0.2) is 34.2 Å². The molecular formula is C18H14ClFN4O2. The van der Waals surface area contributed by atoms with Crippen LogP contribution in [0.2, 0.25) is 5.02 Å². The largest absolute Gasteiger partial charge is 0.339 e. The second kappa shape index (κ2) is 6.76. The number of benzene rings is 2. The molecule has 0 saturated carbocycles. The molecule has 8 heteroatoms. The predicted octanol–water partition coefficient (Wildman–Crippen LogP) is 4.16. The normalized spacial score (nSPS) is 14.2. The van der Waals surface area contributed by atoms with Gasteiger partial charge in [0.05, 0.1) is 5.92 Å². The molecule has 0 spiro atoms. The van der Waals surface area contributed by atoms with E-state index in [1.807, 2.05) is 12.1 Å². The number of aromatic nitrogens is 2. The molecule has 26 heavy (non-hydrogen) atoms. The zero-order valence-electron chi connectivity index (χ0n) is 13.5. The van der Waals surface area contributed by atoms with Gasteiger partial charge in [-0.1, -0.05) is 28.9 Å². The van der Waals surface area contributed by atoms with Gasteiger partial charge in [-0.15, -0.1) is 0 Å². The quantitative estimate of drug-likeness (QED) is 0.749. The van der Waals surface area contributed by atoms with Gasteiger partial charge in [-0.2, -0.15) is 4.98 Å². The molecule has 3 aromatic rings. The first-order valence-electron chi connectivity index (χ1n) is 7.99. The maximum atomic E-state index is 12.9. The lowest BCUT2D eigenvalue weighted by Gasteiger charge is -2.36. The average Bonchev–Trinajstić information content (AvgIpc) is 3.05. The Kier molecular flexibility index (Phi) is 4.30. The molecule has 1 fully saturated rings. The number of hydrogen-bond donors (Lipinski definition) is 1. The molecule has 2 heterocycles. The van der Waals surface area contributed by atoms with Gasteiger partial charge >= 0.3 is 6.03 Å². The van der Waals surface area contributed by atoms with Crippen LogP contribution in [0.1, 0.15) is 11.8 Å². The number of rotatable bonds is 3. The first-order chi connectivity index (χ1) is 12.6. The summed E-state index contributed by atoms with van der Waals surface area (Å²) < 4.78 is 18.2. The summed E-state index contributed by atoms with van der Waals surface area (Å²) in [4.78, 5) is 18.2. The Morgan fingerprint density at radius 2 is 2.00 bits per heavy atom. The van der Waals surface area contributed by atoms with Gasteiger partial charge in [-0.25, -0.2) is 9.18 Å². The number of carbonyl (C=O) groups is 1. The van der Waals surface area contributed by atoms with Gasteiger partial charge < -0.3 is 14.7 Å². The van der Waals surface area contributed by atoms with Crippen LogP contribution in [0.25, 0.3) is 11.4 Å². The minimum absolute atomic E-state index is 0.00518. The molecule has 0 aliphatic carbocycles. The first kappa shape index (κ1) is 16.5. The Labute approximate surface area is 153 Å². The van der Waals surface area contributed by atoms with E-state index in [0.717, 1.165) is 5.56 Å². The van der Waals surface area contributed by atoms with Crippen molar-refractivity contribution in [2.24, 2.45) is 0 Å². The van der Waals surface area contributed by atoms with Crippen molar-refractivity contribution in [1.29, 1.82) is 0 Å². The van der Waals surface area contributed by atoms with Crippen molar-refractivity contribution in [2.75, 3.05) is 18.4 Å². The van der Waals surface area contributed by atoms with E-state index in [4.69, 9.17) is 16.1 Å². The van der Waals surface area contributed by atoms with Gasteiger partial charge in [0, 0.05) is 29.4 Å². The highest BCUT2D eigenvalue weighted by atomic mass is 35.5. The first-order valence-corrected chi connectivity index (χ1v) is 8.37. The lowest BCUT2D eigenvalue weighted by molar-refractivity contribution is 0.147. The molecule has 0 unspecified atom stereocenters. The number of nitrogens with zero attached hydrogens (tertiary/aromatic N) is 3. The molecule has 0 radical (unpaired) electrons. The standard InChI is InChI=1S/C18H14ClFN4O2/c19-13-3-1-2-11(8-13)16-22-17(26-23-16)12-9-24(10-12)18(25)21-15-6-4-14(20)5-7-15/h1-8,12H,9-10H2,(H,21,25). The van der Waals surface area contributed by atoms with Crippen molar-refractivity contribution in [3.63, 3.8) is 0 Å². The topological polar surface area (TPSA) is 71.3 Å². The van der Waals surface area contributed by atoms with E-state index in [9.17, 15) is 9.18 Å². The summed E-state index contributed by atoms with van der Waals surface area (Å²) in [6.45, 7) is 0.953. The van der Waals surface area contributed by atoms with E-state index < -0.39 is 0 Å². The summed E-state index contributed by atoms with van der Waals surface area (Å²) in [5.74, 6) is 0.607. The van der Waals surface area contributed by atoms with Crippen molar-refractivity contribution in [1.82, 2.24) is 15.0 Å². The molecule has 4 rings (SSSR count). The predicted molar refractivity (Wildman–Crippen MR) is 94.5 cm³/mol. The Bertz CT molecular complexity index is 938. The fourth-order valence-electron chi connectivity index (χ4n) is 2.68. The lowest BCUT2D eigenvalue weighted by Crippen LogP contribution is -2.50. The van der Waals surface area contributed by atoms with E-state index >= 15 is 0 Å². The molecule has 1 N–H and O–H groups in total. The van der Waals surface area contributed by atoms with Crippen LogP contribution in [0.5, 0.6) is 0 Å². The Morgan fingerprint density at radius 3 is 2.73 bits per heavy atom. The van der Waals surface area contributed by atoms with E-state index in [1.54, 1.807) is 17.0 Å². The van der Waals surface area contributed by atoms with E-state index in [0.29, 0.717) is 35.5 Å². The van der Waals surface area contributed by atoms with Crippen molar-refractivity contribution in [2.45, 2.75) is 5.92 Å². The summed E-state index contributed by atoms with van der Waals surface area (Å²) in [6, 6.07) is 12.6. The molecule has 0 atom stereocenters. The van der Waals surface area contributed by atoms with Crippen molar-refractivity contribution >= 4 is 23.3 Å². The number of halogens is 2. The SMILES string of the molecule is O=C(Nc1ccc(F)cc1)N1CC(c2nc(-c3cccc(Cl)c3)no2)C1. The summed E-state index contributed by atoms with van der Waals surface area (Å²) in [5, 5.41) is 7.29. The highest BCUT2D eigenvalue weighted by molar-refractivity contribution is 6.30. The van der Waals surface area contributed by atoms with Crippen LogP contribution in [0.15, 0.2) is 53.1 Å². The maximum absolute atomic E-state index is 12.9. The highest BCUT2D eigenvalue weighted by Crippen LogP contribution is 2.28. The zero-order chi connectivity index (χ0) is 18.1. The molecule has 2 aromatic carbocycles. The maximum Gasteiger partial charge on any atom is 0.321 e. The van der Waals surface area contributed by atoms with E-state index in [-0.39, 0.29) is 17.8 Å². The monoisotopic (exact) mass is 372 g/mol. The summed E-state index contributed by atoms with van der Waals surface area (Å²) in [5.41, 5.74) is 1.32. The number of amides is 2. The van der Waals surface area contributed by atoms with Crippen molar-refractivity contribution in [3.8, 4) is 11.4 Å². The molecule has 1 saturated heterocycles. The third kappa shape index (κ3) is 3.39. The fourth-order valence-corrected chi connectivity index (χ4v) is 2.87. The highest BCUT2D eigenvalue weighted by Gasteiger charge is 2.35. The van der Waals surface area contributed by atoms with Gasteiger partial charge in [0.25, 0.3) is 0 Å². The molecule has 1 aromatic heterocycles. The second-order valence-corrected chi connectivity index (χ2v) is 6.44. The Hall–Kier alpha value is -2.93. The van der Waals surface area contributed by atoms with Crippen molar-refractivity contribution in [3.05, 3.63) is 65.3 Å². The number of anilines is 1. The number of nitrogens with one attached hydrogen (secondary N) is 1. The molecule has 6 nitrogen and oxygen atoms in total. The van der Waals surface area contributed by atoms with Crippen molar-refractivity contribution < 1.29 is 13.7 Å². The van der Waals surface area contributed by atoms with E-state index in [2.05, 4.69) is 15.5 Å². The molecular weight excluding hydrogens is 359 g/mol. The summed E-state index contributed by atoms with van der Waals surface area (Å²) in [7, 11) is 0. The zero-order valence-corrected chi connectivity index (χ0v) is 14.3. The third-order valence-electron chi connectivity index (χ3n) is 4.14. The van der Waals surface area contributed by atoms with Gasteiger partial charge in [-0.3, -0.25) is 0 Å². The number of carbonyl (C=O) groups excluding carboxylic acids is 1. The molecule has 2 amide bonds. The summed E-state index contributed by atoms with van der Waals surface area (Å²) >= 11 is 5.97. The second-order valence-electron chi connectivity index (χ2n) is 6.01. The van der Waals surface area contributed by atoms with Crippen LogP contribution in [0.3, 0.4) is 0 Å². The lowest BCUT2D eigenvalue weighted by atomic mass is 10.0. The Balaban J connectivity index is 1.36. The van der Waals surface area contributed by atoms with Gasteiger partial charge in [0.15, 0.2) is 0 Å². The minimum Gasteiger partial charge on any atom is -0.339 e. The van der Waals surface area contributed by atoms with Crippen LogP contribution in [-0.2, 0) is 0 Å². The fraction of sp³-hybridized carbons (Fsp3) is 0.167. The van der Waals surface area contributed by atoms with Gasteiger partial charge in [-0.05, 0) is 36.4 Å². The molecule has 0 bridgehead atoms. The number of hydrogen-bond acceptors (Lipinski definition) is 4. The molecule has 132 valence electrons. The summed E-state index contributed by atoms with van der Waals surface area (Å²) in [6.07, 6.45) is 0. The average molecular weight is 373 g/mol. The van der Waals surface area contributed by atoms with Crippen LogP contribution in [0.4, 0.5) is 14.9 Å². The molecule has 1 aliphatic rings. The van der Waals surface area contributed by atoms with Gasteiger partial charge in [0.1, 0.15) is 5.82 Å². The third-order valence-corrected chi connectivity index (χ3v) is 4.37. The van der Waals surface area contributed by atoms with Crippen LogP contribution >= 0.6 is 11.6 Å². The molecule has 1 aliphatic heterocycles. The van der Waals surface area contributed by atoms with Crippen LogP contribution < -0.4 is 5.32 Å². The number of likely N-dealkylation sites (tertiary alicyclic amines) is 1. The smallest absolute Gasteiger partial charge is 0.321 e. The van der Waals surface area contributed by atoms with Crippen LogP contribution in [0, 0.1) is 5.82 Å². The minimum atomic E-state index is -0.348. The Morgan fingerprint density at radius 1 is 1.23 bits per heavy atom. The van der Waals surface area contributed by atoms with Gasteiger partial charge in [0.2, 0.25) is 11.7 Å². The number of urea groups is 1. The van der Waals surface area contributed by atoms with E-state index in [1.165, 1.54) is 24.3 Å².